The Kier molecular flexibility index (Phi) is 4.40. The van der Waals surface area contributed by atoms with Crippen LogP contribution in [0, 0.1) is 5.92 Å². The van der Waals surface area contributed by atoms with E-state index in [1.54, 1.807) is 24.3 Å². The number of carbonyl (C=O) groups is 1. The lowest BCUT2D eigenvalue weighted by Crippen LogP contribution is -2.33. The van der Waals surface area contributed by atoms with Gasteiger partial charge in [0.1, 0.15) is 0 Å². The zero-order chi connectivity index (χ0) is 15.5. The third kappa shape index (κ3) is 3.28. The first-order chi connectivity index (χ1) is 10.6. The summed E-state index contributed by atoms with van der Waals surface area (Å²) < 4.78 is 10.5. The number of hydrogen-bond donors (Lipinski definition) is 1. The van der Waals surface area contributed by atoms with E-state index in [1.165, 1.54) is 0 Å². The van der Waals surface area contributed by atoms with Crippen LogP contribution in [0.25, 0.3) is 11.5 Å². The van der Waals surface area contributed by atoms with Crippen LogP contribution >= 0.6 is 11.6 Å². The van der Waals surface area contributed by atoms with Gasteiger partial charge in [0.25, 0.3) is 5.89 Å². The van der Waals surface area contributed by atoms with Crippen molar-refractivity contribution in [1.29, 1.82) is 0 Å². The minimum Gasteiger partial charge on any atom is -0.381 e. The fourth-order valence-corrected chi connectivity index (χ4v) is 2.38. The van der Waals surface area contributed by atoms with Crippen LogP contribution in [-0.2, 0) is 9.53 Å². The Balaban J connectivity index is 1.67. The fourth-order valence-electron chi connectivity index (χ4n) is 2.26. The van der Waals surface area contributed by atoms with Crippen molar-refractivity contribution in [3.05, 3.63) is 35.1 Å². The Bertz CT molecular complexity index is 650. The zero-order valence-corrected chi connectivity index (χ0v) is 12.8. The molecule has 1 fully saturated rings. The minimum absolute atomic E-state index is 0.0390. The van der Waals surface area contributed by atoms with Crippen LogP contribution in [0.5, 0.6) is 0 Å². The Morgan fingerprint density at radius 3 is 2.86 bits per heavy atom. The SMILES string of the molecule is CC(NC(=O)C1CCOC1)c1noc(-c2ccc(Cl)cc2)n1. The molecule has 2 unspecified atom stereocenters. The predicted molar refractivity (Wildman–Crippen MR) is 80.2 cm³/mol. The van der Waals surface area contributed by atoms with Gasteiger partial charge in [0.05, 0.1) is 18.6 Å². The summed E-state index contributed by atoms with van der Waals surface area (Å²) in [5.41, 5.74) is 0.783. The average Bonchev–Trinajstić information content (AvgIpc) is 3.20. The second-order valence-corrected chi connectivity index (χ2v) is 5.69. The monoisotopic (exact) mass is 321 g/mol. The van der Waals surface area contributed by atoms with Crippen LogP contribution in [0.3, 0.4) is 0 Å². The molecule has 116 valence electrons. The van der Waals surface area contributed by atoms with E-state index in [0.717, 1.165) is 12.0 Å². The number of nitrogens with zero attached hydrogens (tertiary/aromatic N) is 2. The predicted octanol–water partition coefficient (Wildman–Crippen LogP) is 2.60. The van der Waals surface area contributed by atoms with Gasteiger partial charge < -0.3 is 14.6 Å². The normalized spacial score (nSPS) is 19.1. The third-order valence-electron chi connectivity index (χ3n) is 3.58. The Hall–Kier alpha value is -1.92. The van der Waals surface area contributed by atoms with E-state index in [1.807, 2.05) is 6.92 Å². The number of ether oxygens (including phenoxy) is 1. The van der Waals surface area contributed by atoms with Gasteiger partial charge in [-0.3, -0.25) is 4.79 Å². The highest BCUT2D eigenvalue weighted by atomic mass is 35.5. The van der Waals surface area contributed by atoms with Crippen LogP contribution in [0.15, 0.2) is 28.8 Å². The van der Waals surface area contributed by atoms with E-state index < -0.39 is 0 Å². The first-order valence-corrected chi connectivity index (χ1v) is 7.49. The van der Waals surface area contributed by atoms with Crippen molar-refractivity contribution in [2.45, 2.75) is 19.4 Å². The van der Waals surface area contributed by atoms with E-state index in [-0.39, 0.29) is 17.9 Å². The number of rotatable bonds is 4. The largest absolute Gasteiger partial charge is 0.381 e. The molecule has 1 saturated heterocycles. The number of halogens is 1. The van der Waals surface area contributed by atoms with Gasteiger partial charge >= 0.3 is 0 Å². The number of benzene rings is 1. The summed E-state index contributed by atoms with van der Waals surface area (Å²) in [6.07, 6.45) is 0.751. The molecule has 1 aliphatic rings. The maximum Gasteiger partial charge on any atom is 0.257 e. The Morgan fingerprint density at radius 1 is 1.41 bits per heavy atom. The second-order valence-electron chi connectivity index (χ2n) is 5.26. The van der Waals surface area contributed by atoms with E-state index in [2.05, 4.69) is 15.5 Å². The summed E-state index contributed by atoms with van der Waals surface area (Å²) in [4.78, 5) is 16.4. The first-order valence-electron chi connectivity index (χ1n) is 7.11. The summed E-state index contributed by atoms with van der Waals surface area (Å²) >= 11 is 5.85. The van der Waals surface area contributed by atoms with Crippen LogP contribution in [0.4, 0.5) is 0 Å². The molecule has 7 heteroatoms. The van der Waals surface area contributed by atoms with Crippen LogP contribution in [0.2, 0.25) is 5.02 Å². The van der Waals surface area contributed by atoms with Crippen molar-refractivity contribution in [2.75, 3.05) is 13.2 Å². The lowest BCUT2D eigenvalue weighted by molar-refractivity contribution is -0.125. The topological polar surface area (TPSA) is 77.2 Å². The molecule has 0 aliphatic carbocycles. The highest BCUT2D eigenvalue weighted by molar-refractivity contribution is 6.30. The van der Waals surface area contributed by atoms with Crippen molar-refractivity contribution in [3.8, 4) is 11.5 Å². The van der Waals surface area contributed by atoms with E-state index >= 15 is 0 Å². The summed E-state index contributed by atoms with van der Waals surface area (Å²) in [5.74, 6) is 0.710. The van der Waals surface area contributed by atoms with Crippen molar-refractivity contribution in [2.24, 2.45) is 5.92 Å². The molecule has 1 N–H and O–H groups in total. The Morgan fingerprint density at radius 2 is 2.18 bits per heavy atom. The van der Waals surface area contributed by atoms with E-state index in [0.29, 0.717) is 30.0 Å². The summed E-state index contributed by atoms with van der Waals surface area (Å²) in [5, 5.41) is 7.46. The molecule has 1 aromatic heterocycles. The number of hydrogen-bond acceptors (Lipinski definition) is 5. The molecule has 1 aliphatic heterocycles. The molecular formula is C15H16ClN3O3. The van der Waals surface area contributed by atoms with Gasteiger partial charge in [-0.2, -0.15) is 4.98 Å². The summed E-state index contributed by atoms with van der Waals surface area (Å²) in [7, 11) is 0. The highest BCUT2D eigenvalue weighted by Gasteiger charge is 2.26. The summed E-state index contributed by atoms with van der Waals surface area (Å²) in [6.45, 7) is 2.93. The van der Waals surface area contributed by atoms with Crippen molar-refractivity contribution in [1.82, 2.24) is 15.5 Å². The first kappa shape index (κ1) is 15.0. The molecule has 1 amide bonds. The molecule has 0 saturated carbocycles. The van der Waals surface area contributed by atoms with Crippen LogP contribution in [-0.4, -0.2) is 29.3 Å². The molecule has 1 aromatic carbocycles. The van der Waals surface area contributed by atoms with Crippen molar-refractivity contribution >= 4 is 17.5 Å². The molecule has 3 rings (SSSR count). The lowest BCUT2D eigenvalue weighted by Gasteiger charge is -2.13. The maximum atomic E-state index is 12.1. The van der Waals surface area contributed by atoms with Gasteiger partial charge in [-0.05, 0) is 37.6 Å². The lowest BCUT2D eigenvalue weighted by atomic mass is 10.1. The molecule has 2 atom stereocenters. The number of nitrogens with one attached hydrogen (secondary N) is 1. The average molecular weight is 322 g/mol. The van der Waals surface area contributed by atoms with Gasteiger partial charge in [0, 0.05) is 17.2 Å². The summed E-state index contributed by atoms with van der Waals surface area (Å²) in [6, 6.07) is 6.80. The molecule has 0 bridgehead atoms. The number of amides is 1. The number of aromatic nitrogens is 2. The Labute approximate surface area is 132 Å². The molecule has 0 radical (unpaired) electrons. The van der Waals surface area contributed by atoms with Gasteiger partial charge in [-0.15, -0.1) is 0 Å². The molecule has 2 aromatic rings. The molecule has 2 heterocycles. The molecular weight excluding hydrogens is 306 g/mol. The van der Waals surface area contributed by atoms with Crippen LogP contribution in [0.1, 0.15) is 25.2 Å². The standard InChI is InChI=1S/C15H16ClN3O3/c1-9(17-14(20)11-6-7-21-8-11)13-18-15(22-19-13)10-2-4-12(16)5-3-10/h2-5,9,11H,6-8H2,1H3,(H,17,20). The minimum atomic E-state index is -0.321. The highest BCUT2D eigenvalue weighted by Crippen LogP contribution is 2.22. The van der Waals surface area contributed by atoms with Gasteiger partial charge in [-0.1, -0.05) is 16.8 Å². The van der Waals surface area contributed by atoms with Gasteiger partial charge in [0.15, 0.2) is 5.82 Å². The van der Waals surface area contributed by atoms with Gasteiger partial charge in [-0.25, -0.2) is 0 Å². The third-order valence-corrected chi connectivity index (χ3v) is 3.83. The van der Waals surface area contributed by atoms with Crippen molar-refractivity contribution in [3.63, 3.8) is 0 Å². The van der Waals surface area contributed by atoms with Crippen LogP contribution < -0.4 is 5.32 Å². The molecule has 0 spiro atoms. The zero-order valence-electron chi connectivity index (χ0n) is 12.1. The molecule has 22 heavy (non-hydrogen) atoms. The smallest absolute Gasteiger partial charge is 0.257 e. The van der Waals surface area contributed by atoms with Gasteiger partial charge in [0.2, 0.25) is 5.91 Å². The van der Waals surface area contributed by atoms with E-state index in [4.69, 9.17) is 20.9 Å². The van der Waals surface area contributed by atoms with E-state index in [9.17, 15) is 4.79 Å². The maximum absolute atomic E-state index is 12.1. The number of carbonyl (C=O) groups excluding carboxylic acids is 1. The van der Waals surface area contributed by atoms with Crippen molar-refractivity contribution < 1.29 is 14.1 Å². The fraction of sp³-hybridized carbons (Fsp3) is 0.400. The molecule has 6 nitrogen and oxygen atoms in total. The quantitative estimate of drug-likeness (QED) is 0.936. The second kappa shape index (κ2) is 6.46.